The third kappa shape index (κ3) is 3.16. The highest BCUT2D eigenvalue weighted by atomic mass is 16.4. The van der Waals surface area contributed by atoms with Gasteiger partial charge in [-0.15, -0.1) is 0 Å². The van der Waals surface area contributed by atoms with Gasteiger partial charge in [-0.25, -0.2) is 4.79 Å². The monoisotopic (exact) mass is 341 g/mol. The van der Waals surface area contributed by atoms with Crippen molar-refractivity contribution >= 4 is 11.9 Å². The lowest BCUT2D eigenvalue weighted by Crippen LogP contribution is -2.49. The number of carbonyl (C=O) groups is 2. The Kier molecular flexibility index (Phi) is 4.61. The van der Waals surface area contributed by atoms with E-state index in [4.69, 9.17) is 0 Å². The van der Waals surface area contributed by atoms with Gasteiger partial charge in [0, 0.05) is 18.7 Å². The molecule has 1 aromatic carbocycles. The molecule has 6 nitrogen and oxygen atoms in total. The molecule has 1 amide bonds. The summed E-state index contributed by atoms with van der Waals surface area (Å²) < 4.78 is 1.69. The van der Waals surface area contributed by atoms with Crippen LogP contribution in [0.3, 0.4) is 0 Å². The number of aliphatic carboxylic acids is 1. The average Bonchev–Trinajstić information content (AvgIpc) is 2.86. The molecule has 0 saturated heterocycles. The summed E-state index contributed by atoms with van der Waals surface area (Å²) in [5.41, 5.74) is 5.05. The fraction of sp³-hybridized carbons (Fsp3) is 0.421. The first kappa shape index (κ1) is 17.2. The summed E-state index contributed by atoms with van der Waals surface area (Å²) in [6, 6.07) is 6.87. The van der Waals surface area contributed by atoms with Crippen LogP contribution in [-0.2, 0) is 35.5 Å². The van der Waals surface area contributed by atoms with Crippen LogP contribution in [0.2, 0.25) is 0 Å². The minimum absolute atomic E-state index is 0.0681. The number of amides is 1. The first-order chi connectivity index (χ1) is 11.9. The maximum Gasteiger partial charge on any atom is 0.326 e. The summed E-state index contributed by atoms with van der Waals surface area (Å²) in [5, 5.41) is 14.0. The van der Waals surface area contributed by atoms with Crippen LogP contribution in [0.5, 0.6) is 0 Å². The largest absolute Gasteiger partial charge is 0.480 e. The number of carbonyl (C=O) groups excluding carboxylic acids is 1. The molecule has 0 aliphatic carbocycles. The van der Waals surface area contributed by atoms with Crippen molar-refractivity contribution in [2.75, 3.05) is 0 Å². The Balaban J connectivity index is 1.86. The third-order valence-electron chi connectivity index (χ3n) is 5.02. The summed E-state index contributed by atoms with van der Waals surface area (Å²) in [7, 11) is 0. The zero-order valence-corrected chi connectivity index (χ0v) is 14.8. The second kappa shape index (κ2) is 6.70. The highest BCUT2D eigenvalue weighted by molar-refractivity contribution is 5.84. The lowest BCUT2D eigenvalue weighted by Gasteiger charge is -2.34. The molecule has 0 spiro atoms. The van der Waals surface area contributed by atoms with E-state index in [2.05, 4.69) is 12.0 Å². The van der Waals surface area contributed by atoms with E-state index in [0.717, 1.165) is 34.5 Å². The fourth-order valence-electron chi connectivity index (χ4n) is 3.62. The lowest BCUT2D eigenvalue weighted by atomic mass is 9.94. The van der Waals surface area contributed by atoms with Crippen molar-refractivity contribution in [2.45, 2.75) is 52.7 Å². The van der Waals surface area contributed by atoms with Gasteiger partial charge in [-0.3, -0.25) is 9.48 Å². The molecule has 25 heavy (non-hydrogen) atoms. The van der Waals surface area contributed by atoms with E-state index in [1.54, 1.807) is 4.68 Å². The van der Waals surface area contributed by atoms with Crippen LogP contribution in [0.15, 0.2) is 24.3 Å². The van der Waals surface area contributed by atoms with Gasteiger partial charge < -0.3 is 10.0 Å². The van der Waals surface area contributed by atoms with Gasteiger partial charge in [0.15, 0.2) is 0 Å². The Morgan fingerprint density at radius 2 is 1.92 bits per heavy atom. The first-order valence-electron chi connectivity index (χ1n) is 8.54. The molecule has 1 atom stereocenters. The second-order valence-corrected chi connectivity index (χ2v) is 6.51. The highest BCUT2D eigenvalue weighted by Crippen LogP contribution is 2.24. The molecule has 2 aromatic rings. The molecular formula is C19H23N3O3. The number of carboxylic acid groups (broad SMARTS) is 1. The maximum atomic E-state index is 12.9. The SMILES string of the molecule is CCc1c(C)nn(CC(=O)N2Cc3ccccc3C[C@@H]2C(=O)O)c1C. The van der Waals surface area contributed by atoms with Gasteiger partial charge in [0.05, 0.1) is 5.69 Å². The van der Waals surface area contributed by atoms with Crippen LogP contribution >= 0.6 is 0 Å². The van der Waals surface area contributed by atoms with E-state index in [9.17, 15) is 14.7 Å². The number of aryl methyl sites for hydroxylation is 1. The Morgan fingerprint density at radius 1 is 1.24 bits per heavy atom. The summed E-state index contributed by atoms with van der Waals surface area (Å²) >= 11 is 0. The van der Waals surface area contributed by atoms with Crippen LogP contribution in [0.1, 0.15) is 35.0 Å². The number of nitrogens with zero attached hydrogens (tertiary/aromatic N) is 3. The molecule has 0 unspecified atom stereocenters. The van der Waals surface area contributed by atoms with Crippen LogP contribution < -0.4 is 0 Å². The molecule has 132 valence electrons. The molecule has 0 saturated carbocycles. The van der Waals surface area contributed by atoms with Crippen molar-refractivity contribution < 1.29 is 14.7 Å². The number of hydrogen-bond acceptors (Lipinski definition) is 3. The molecular weight excluding hydrogens is 318 g/mol. The van der Waals surface area contributed by atoms with Crippen molar-refractivity contribution in [3.8, 4) is 0 Å². The van der Waals surface area contributed by atoms with Crippen LogP contribution in [0.4, 0.5) is 0 Å². The number of fused-ring (bicyclic) bond motifs is 1. The molecule has 0 radical (unpaired) electrons. The van der Waals surface area contributed by atoms with Gasteiger partial charge in [-0.05, 0) is 37.0 Å². The Bertz CT molecular complexity index is 825. The standard InChI is InChI=1S/C19H23N3O3/c1-4-16-12(2)20-22(13(16)3)11-18(23)21-10-15-8-6-5-7-14(15)9-17(21)19(24)25/h5-8,17H,4,9-11H2,1-3H3,(H,24,25)/t17-/m1/s1. The van der Waals surface area contributed by atoms with Gasteiger partial charge in [0.1, 0.15) is 12.6 Å². The van der Waals surface area contributed by atoms with E-state index in [-0.39, 0.29) is 12.5 Å². The average molecular weight is 341 g/mol. The number of carboxylic acids is 1. The molecule has 0 fully saturated rings. The Labute approximate surface area is 147 Å². The predicted octanol–water partition coefficient (Wildman–Crippen LogP) is 2.10. The van der Waals surface area contributed by atoms with Crippen LogP contribution in [0.25, 0.3) is 0 Å². The molecule has 1 N–H and O–H groups in total. The van der Waals surface area contributed by atoms with E-state index in [0.29, 0.717) is 13.0 Å². The van der Waals surface area contributed by atoms with Gasteiger partial charge in [0.25, 0.3) is 0 Å². The van der Waals surface area contributed by atoms with E-state index < -0.39 is 12.0 Å². The van der Waals surface area contributed by atoms with Crippen molar-refractivity contribution in [3.05, 3.63) is 52.3 Å². The molecule has 3 rings (SSSR count). The molecule has 1 aliphatic rings. The summed E-state index contributed by atoms with van der Waals surface area (Å²) in [5.74, 6) is -1.18. The number of aromatic nitrogens is 2. The summed E-state index contributed by atoms with van der Waals surface area (Å²) in [6.45, 7) is 6.34. The smallest absolute Gasteiger partial charge is 0.326 e. The van der Waals surface area contributed by atoms with Gasteiger partial charge in [-0.1, -0.05) is 31.2 Å². The Hall–Kier alpha value is -2.63. The zero-order chi connectivity index (χ0) is 18.1. The van der Waals surface area contributed by atoms with Gasteiger partial charge in [0.2, 0.25) is 5.91 Å². The highest BCUT2D eigenvalue weighted by Gasteiger charge is 2.34. The van der Waals surface area contributed by atoms with E-state index >= 15 is 0 Å². The van der Waals surface area contributed by atoms with Gasteiger partial charge >= 0.3 is 5.97 Å². The van der Waals surface area contributed by atoms with Crippen molar-refractivity contribution in [1.29, 1.82) is 0 Å². The van der Waals surface area contributed by atoms with Gasteiger partial charge in [-0.2, -0.15) is 5.10 Å². The molecule has 6 heteroatoms. The summed E-state index contributed by atoms with van der Waals surface area (Å²) in [4.78, 5) is 26.0. The minimum Gasteiger partial charge on any atom is -0.480 e. The normalized spacial score (nSPS) is 16.6. The second-order valence-electron chi connectivity index (χ2n) is 6.51. The number of rotatable bonds is 4. The molecule has 2 heterocycles. The zero-order valence-electron chi connectivity index (χ0n) is 14.8. The third-order valence-corrected chi connectivity index (χ3v) is 5.02. The molecule has 1 aliphatic heterocycles. The lowest BCUT2D eigenvalue weighted by molar-refractivity contribution is -0.151. The first-order valence-corrected chi connectivity index (χ1v) is 8.54. The van der Waals surface area contributed by atoms with Crippen molar-refractivity contribution in [3.63, 3.8) is 0 Å². The number of hydrogen-bond donors (Lipinski definition) is 1. The predicted molar refractivity (Wildman–Crippen MR) is 93.2 cm³/mol. The quantitative estimate of drug-likeness (QED) is 0.924. The Morgan fingerprint density at radius 3 is 2.52 bits per heavy atom. The van der Waals surface area contributed by atoms with E-state index in [1.807, 2.05) is 38.1 Å². The van der Waals surface area contributed by atoms with E-state index in [1.165, 1.54) is 4.90 Å². The number of benzene rings is 1. The summed E-state index contributed by atoms with van der Waals surface area (Å²) in [6.07, 6.45) is 1.20. The maximum absolute atomic E-state index is 12.9. The minimum atomic E-state index is -0.967. The van der Waals surface area contributed by atoms with Crippen molar-refractivity contribution in [2.24, 2.45) is 0 Å². The topological polar surface area (TPSA) is 75.4 Å². The van der Waals surface area contributed by atoms with Crippen LogP contribution in [-0.4, -0.2) is 37.7 Å². The van der Waals surface area contributed by atoms with Crippen LogP contribution in [0, 0.1) is 13.8 Å². The van der Waals surface area contributed by atoms with Crippen molar-refractivity contribution in [1.82, 2.24) is 14.7 Å². The molecule has 1 aromatic heterocycles. The fourth-order valence-corrected chi connectivity index (χ4v) is 3.62. The molecule has 0 bridgehead atoms.